The van der Waals surface area contributed by atoms with E-state index in [1.54, 1.807) is 6.07 Å². The standard InChI is InChI=1S/C12H18O3S/c1-9-6-7-11(15-16(5,13)14)10(8-9)12(2,3)4/h6-8H,1-5H3. The molecule has 4 heteroatoms. The van der Waals surface area contributed by atoms with Crippen molar-refractivity contribution >= 4 is 10.1 Å². The molecule has 1 aromatic carbocycles. The Balaban J connectivity index is 3.29. The zero-order valence-corrected chi connectivity index (χ0v) is 11.2. The third-order valence-electron chi connectivity index (χ3n) is 2.18. The fraction of sp³-hybridized carbons (Fsp3) is 0.500. The van der Waals surface area contributed by atoms with Crippen LogP contribution in [0.25, 0.3) is 0 Å². The molecule has 0 spiro atoms. The molecule has 0 radical (unpaired) electrons. The topological polar surface area (TPSA) is 43.4 Å². The molecule has 1 aromatic rings. The Morgan fingerprint density at radius 1 is 1.19 bits per heavy atom. The number of hydrogen-bond acceptors (Lipinski definition) is 3. The lowest BCUT2D eigenvalue weighted by atomic mass is 9.85. The van der Waals surface area contributed by atoms with Gasteiger partial charge in [-0.2, -0.15) is 8.42 Å². The van der Waals surface area contributed by atoms with E-state index in [0.29, 0.717) is 5.75 Å². The molecule has 0 aliphatic rings. The molecular weight excluding hydrogens is 224 g/mol. The van der Waals surface area contributed by atoms with Gasteiger partial charge in [0, 0.05) is 5.56 Å². The Hall–Kier alpha value is -1.03. The van der Waals surface area contributed by atoms with Crippen LogP contribution in [-0.2, 0) is 15.5 Å². The number of rotatable bonds is 2. The molecule has 0 fully saturated rings. The molecule has 0 atom stereocenters. The van der Waals surface area contributed by atoms with Crippen LogP contribution in [0.15, 0.2) is 18.2 Å². The second-order valence-electron chi connectivity index (χ2n) is 5.04. The molecule has 0 bridgehead atoms. The molecule has 0 N–H and O–H groups in total. The van der Waals surface area contributed by atoms with Crippen molar-refractivity contribution in [3.63, 3.8) is 0 Å². The Kier molecular flexibility index (Phi) is 3.33. The quantitative estimate of drug-likeness (QED) is 0.749. The second kappa shape index (κ2) is 4.09. The fourth-order valence-electron chi connectivity index (χ4n) is 1.47. The molecule has 0 unspecified atom stereocenters. The van der Waals surface area contributed by atoms with Gasteiger partial charge in [-0.25, -0.2) is 0 Å². The highest BCUT2D eigenvalue weighted by molar-refractivity contribution is 7.86. The first kappa shape index (κ1) is 13.0. The predicted octanol–water partition coefficient (Wildman–Crippen LogP) is 2.63. The average molecular weight is 242 g/mol. The summed E-state index contributed by atoms with van der Waals surface area (Å²) in [5, 5.41) is 0. The summed E-state index contributed by atoms with van der Waals surface area (Å²) < 4.78 is 27.3. The van der Waals surface area contributed by atoms with Gasteiger partial charge < -0.3 is 4.18 Å². The van der Waals surface area contributed by atoms with Crippen molar-refractivity contribution in [2.45, 2.75) is 33.1 Å². The van der Waals surface area contributed by atoms with Crippen LogP contribution in [0.1, 0.15) is 31.9 Å². The third-order valence-corrected chi connectivity index (χ3v) is 2.67. The Morgan fingerprint density at radius 2 is 1.75 bits per heavy atom. The maximum atomic E-state index is 11.1. The van der Waals surface area contributed by atoms with Crippen LogP contribution in [0, 0.1) is 6.92 Å². The SMILES string of the molecule is Cc1ccc(OS(C)(=O)=O)c(C(C)(C)C)c1. The molecule has 1 rings (SSSR count). The Bertz CT molecular complexity index is 481. The normalized spacial score (nSPS) is 12.6. The molecule has 0 saturated heterocycles. The van der Waals surface area contributed by atoms with Crippen LogP contribution in [0.2, 0.25) is 0 Å². The number of benzene rings is 1. The summed E-state index contributed by atoms with van der Waals surface area (Å²) >= 11 is 0. The van der Waals surface area contributed by atoms with Crippen molar-refractivity contribution in [3.05, 3.63) is 29.3 Å². The number of hydrogen-bond donors (Lipinski definition) is 0. The third kappa shape index (κ3) is 3.52. The van der Waals surface area contributed by atoms with Gasteiger partial charge in [-0.15, -0.1) is 0 Å². The first-order valence-corrected chi connectivity index (χ1v) is 6.92. The van der Waals surface area contributed by atoms with Gasteiger partial charge in [-0.1, -0.05) is 38.5 Å². The summed E-state index contributed by atoms with van der Waals surface area (Å²) in [5.74, 6) is 0.417. The zero-order valence-electron chi connectivity index (χ0n) is 10.4. The monoisotopic (exact) mass is 242 g/mol. The second-order valence-corrected chi connectivity index (χ2v) is 6.61. The summed E-state index contributed by atoms with van der Waals surface area (Å²) in [4.78, 5) is 0. The molecule has 3 nitrogen and oxygen atoms in total. The van der Waals surface area contributed by atoms with Crippen molar-refractivity contribution < 1.29 is 12.6 Å². The van der Waals surface area contributed by atoms with E-state index in [-0.39, 0.29) is 5.41 Å². The summed E-state index contributed by atoms with van der Waals surface area (Å²) in [7, 11) is -3.47. The van der Waals surface area contributed by atoms with Crippen LogP contribution in [0.4, 0.5) is 0 Å². The zero-order chi connectivity index (χ0) is 12.6. The Morgan fingerprint density at radius 3 is 2.19 bits per heavy atom. The van der Waals surface area contributed by atoms with Gasteiger partial charge in [0.2, 0.25) is 0 Å². The minimum Gasteiger partial charge on any atom is -0.382 e. The van der Waals surface area contributed by atoms with Crippen LogP contribution >= 0.6 is 0 Å². The average Bonchev–Trinajstić information content (AvgIpc) is 2.04. The van der Waals surface area contributed by atoms with Crippen LogP contribution in [0.3, 0.4) is 0 Å². The predicted molar refractivity (Wildman–Crippen MR) is 65.4 cm³/mol. The van der Waals surface area contributed by atoms with Gasteiger partial charge in [0.15, 0.2) is 0 Å². The molecule has 0 aliphatic heterocycles. The van der Waals surface area contributed by atoms with Gasteiger partial charge in [-0.05, 0) is 18.4 Å². The highest BCUT2D eigenvalue weighted by Gasteiger charge is 2.21. The van der Waals surface area contributed by atoms with E-state index in [9.17, 15) is 8.42 Å². The first-order chi connectivity index (χ1) is 7.09. The highest BCUT2D eigenvalue weighted by atomic mass is 32.2. The van der Waals surface area contributed by atoms with Crippen molar-refractivity contribution in [3.8, 4) is 5.75 Å². The van der Waals surface area contributed by atoms with Crippen molar-refractivity contribution in [1.82, 2.24) is 0 Å². The van der Waals surface area contributed by atoms with Crippen LogP contribution < -0.4 is 4.18 Å². The lowest BCUT2D eigenvalue weighted by Crippen LogP contribution is -2.16. The van der Waals surface area contributed by atoms with Crippen molar-refractivity contribution in [1.29, 1.82) is 0 Å². The number of aryl methyl sites for hydroxylation is 1. The maximum Gasteiger partial charge on any atom is 0.306 e. The van der Waals surface area contributed by atoms with Gasteiger partial charge in [0.1, 0.15) is 5.75 Å². The van der Waals surface area contributed by atoms with E-state index in [0.717, 1.165) is 17.4 Å². The van der Waals surface area contributed by atoms with Crippen LogP contribution in [0.5, 0.6) is 5.75 Å². The summed E-state index contributed by atoms with van der Waals surface area (Å²) in [6.07, 6.45) is 1.05. The van der Waals surface area contributed by atoms with Gasteiger partial charge >= 0.3 is 10.1 Å². The minimum atomic E-state index is -3.47. The smallest absolute Gasteiger partial charge is 0.306 e. The molecule has 0 saturated carbocycles. The van der Waals surface area contributed by atoms with Gasteiger partial charge in [0.25, 0.3) is 0 Å². The molecule has 0 aromatic heterocycles. The molecule has 0 aliphatic carbocycles. The van der Waals surface area contributed by atoms with Crippen LogP contribution in [-0.4, -0.2) is 14.7 Å². The van der Waals surface area contributed by atoms with E-state index >= 15 is 0 Å². The minimum absolute atomic E-state index is 0.147. The van der Waals surface area contributed by atoms with Crippen molar-refractivity contribution in [2.75, 3.05) is 6.26 Å². The first-order valence-electron chi connectivity index (χ1n) is 5.10. The van der Waals surface area contributed by atoms with E-state index in [4.69, 9.17) is 4.18 Å². The van der Waals surface area contributed by atoms with Gasteiger partial charge in [0.05, 0.1) is 6.26 Å². The van der Waals surface area contributed by atoms with Gasteiger partial charge in [-0.3, -0.25) is 0 Å². The summed E-state index contributed by atoms with van der Waals surface area (Å²) in [6, 6.07) is 5.51. The lowest BCUT2D eigenvalue weighted by molar-refractivity contribution is 0.476. The lowest BCUT2D eigenvalue weighted by Gasteiger charge is -2.22. The van der Waals surface area contributed by atoms with E-state index in [2.05, 4.69) is 0 Å². The molecule has 16 heavy (non-hydrogen) atoms. The summed E-state index contributed by atoms with van der Waals surface area (Å²) in [5.41, 5.74) is 1.84. The fourth-order valence-corrected chi connectivity index (χ4v) is 1.94. The van der Waals surface area contributed by atoms with Crippen molar-refractivity contribution in [2.24, 2.45) is 0 Å². The highest BCUT2D eigenvalue weighted by Crippen LogP contribution is 2.32. The molecular formula is C12H18O3S. The maximum absolute atomic E-state index is 11.1. The Labute approximate surface area is 97.6 Å². The van der Waals surface area contributed by atoms with E-state index in [1.165, 1.54) is 0 Å². The summed E-state index contributed by atoms with van der Waals surface area (Å²) in [6.45, 7) is 8.05. The molecule has 0 amide bonds. The largest absolute Gasteiger partial charge is 0.382 e. The van der Waals surface area contributed by atoms with E-state index in [1.807, 2.05) is 39.8 Å². The molecule has 90 valence electrons. The van der Waals surface area contributed by atoms with E-state index < -0.39 is 10.1 Å². The molecule has 0 heterocycles.